The van der Waals surface area contributed by atoms with Crippen LogP contribution in [0, 0.1) is 28.6 Å². The van der Waals surface area contributed by atoms with E-state index in [0.717, 1.165) is 24.4 Å². The third-order valence-electron chi connectivity index (χ3n) is 10.4. The monoisotopic (exact) mass is 520 g/mol. The normalized spacial score (nSPS) is 39.8. The van der Waals surface area contributed by atoms with Gasteiger partial charge in [-0.2, -0.15) is 0 Å². The Morgan fingerprint density at radius 2 is 1.73 bits per heavy atom. The van der Waals surface area contributed by atoms with Crippen LogP contribution in [0.15, 0.2) is 47.7 Å². The minimum atomic E-state index is -1.97. The SMILES string of the molecule is COc1ccc([C@@]23C=C[C@@]4(CCCC[C@]24C)[C@@H]2C3=C(O[Si](C)(C)C)C[C@H]3C(OC(C)=O)CC(=O)[C@@H]23)cc1. The molecular weight excluding hydrogens is 480 g/mol. The van der Waals surface area contributed by atoms with Crippen LogP contribution in [0.25, 0.3) is 0 Å². The summed E-state index contributed by atoms with van der Waals surface area (Å²) in [4.78, 5) is 25.8. The molecule has 7 atom stereocenters. The Bertz CT molecular complexity index is 1210. The van der Waals surface area contributed by atoms with Gasteiger partial charge in [0.25, 0.3) is 0 Å². The van der Waals surface area contributed by atoms with Crippen LogP contribution < -0.4 is 4.74 Å². The van der Waals surface area contributed by atoms with Crippen molar-refractivity contribution in [2.24, 2.45) is 28.6 Å². The Labute approximate surface area is 221 Å². The first-order valence-corrected chi connectivity index (χ1v) is 17.4. The summed E-state index contributed by atoms with van der Waals surface area (Å²) in [5.74, 6) is 1.83. The summed E-state index contributed by atoms with van der Waals surface area (Å²) in [7, 11) is -0.261. The number of hydrogen-bond acceptors (Lipinski definition) is 5. The summed E-state index contributed by atoms with van der Waals surface area (Å²) in [5.41, 5.74) is 2.16. The molecule has 3 fully saturated rings. The molecule has 1 unspecified atom stereocenters. The van der Waals surface area contributed by atoms with Gasteiger partial charge in [-0.05, 0) is 61.2 Å². The van der Waals surface area contributed by atoms with Crippen molar-refractivity contribution in [3.05, 3.63) is 53.3 Å². The number of carbonyl (C=O) groups is 2. The van der Waals surface area contributed by atoms with Gasteiger partial charge in [-0.1, -0.05) is 44.1 Å². The van der Waals surface area contributed by atoms with Crippen molar-refractivity contribution in [1.82, 2.24) is 0 Å². The number of Topliss-reactive ketones (excluding diaryl/α,β-unsaturated/α-hetero) is 1. The summed E-state index contributed by atoms with van der Waals surface area (Å²) < 4.78 is 18.3. The number of allylic oxidation sites excluding steroid dienone is 4. The highest BCUT2D eigenvalue weighted by Crippen LogP contribution is 2.81. The average molecular weight is 521 g/mol. The molecule has 0 heterocycles. The number of benzene rings is 1. The Morgan fingerprint density at radius 1 is 1.03 bits per heavy atom. The van der Waals surface area contributed by atoms with E-state index in [1.165, 1.54) is 30.9 Å². The third kappa shape index (κ3) is 3.20. The average Bonchev–Trinajstić information content (AvgIpc) is 3.36. The van der Waals surface area contributed by atoms with Gasteiger partial charge in [0.05, 0.1) is 12.9 Å². The molecule has 5 nitrogen and oxygen atoms in total. The number of hydrogen-bond donors (Lipinski definition) is 0. The summed E-state index contributed by atoms with van der Waals surface area (Å²) in [6.07, 6.45) is 10.2. The topological polar surface area (TPSA) is 61.8 Å². The van der Waals surface area contributed by atoms with Gasteiger partial charge in [0.15, 0.2) is 0 Å². The lowest BCUT2D eigenvalue weighted by Gasteiger charge is -2.51. The zero-order valence-corrected chi connectivity index (χ0v) is 24.1. The number of carbonyl (C=O) groups excluding carboxylic acids is 2. The van der Waals surface area contributed by atoms with Crippen molar-refractivity contribution in [1.29, 1.82) is 0 Å². The molecule has 6 heteroatoms. The van der Waals surface area contributed by atoms with Crippen LogP contribution in [-0.4, -0.2) is 33.3 Å². The van der Waals surface area contributed by atoms with E-state index in [-0.39, 0.29) is 51.9 Å². The molecule has 5 aliphatic carbocycles. The number of methoxy groups -OCH3 is 1. The maximum atomic E-state index is 13.8. The molecule has 0 spiro atoms. The molecular formula is C31H40O5Si. The lowest BCUT2D eigenvalue weighted by molar-refractivity contribution is -0.149. The number of fused-ring (bicyclic) bond motifs is 4. The van der Waals surface area contributed by atoms with E-state index >= 15 is 0 Å². The van der Waals surface area contributed by atoms with Gasteiger partial charge in [0, 0.05) is 48.3 Å². The predicted octanol–water partition coefficient (Wildman–Crippen LogP) is 6.35. The van der Waals surface area contributed by atoms with Crippen molar-refractivity contribution in [2.75, 3.05) is 7.11 Å². The highest BCUT2D eigenvalue weighted by Gasteiger charge is 2.78. The molecule has 3 saturated carbocycles. The van der Waals surface area contributed by atoms with Gasteiger partial charge in [-0.25, -0.2) is 0 Å². The van der Waals surface area contributed by atoms with Crippen LogP contribution in [0.1, 0.15) is 57.9 Å². The van der Waals surface area contributed by atoms with Crippen molar-refractivity contribution >= 4 is 20.1 Å². The second-order valence-electron chi connectivity index (χ2n) is 13.2. The fourth-order valence-corrected chi connectivity index (χ4v) is 10.2. The summed E-state index contributed by atoms with van der Waals surface area (Å²) in [6.45, 7) is 10.6. The smallest absolute Gasteiger partial charge is 0.302 e. The van der Waals surface area contributed by atoms with Crippen LogP contribution in [0.3, 0.4) is 0 Å². The molecule has 0 amide bonds. The van der Waals surface area contributed by atoms with Crippen LogP contribution >= 0.6 is 0 Å². The second-order valence-corrected chi connectivity index (χ2v) is 17.6. The number of ether oxygens (including phenoxy) is 2. The van der Waals surface area contributed by atoms with E-state index in [0.29, 0.717) is 12.8 Å². The maximum absolute atomic E-state index is 13.8. The van der Waals surface area contributed by atoms with Crippen molar-refractivity contribution in [3.8, 4) is 5.75 Å². The van der Waals surface area contributed by atoms with Crippen molar-refractivity contribution in [2.45, 2.75) is 83.5 Å². The third-order valence-corrected chi connectivity index (χ3v) is 11.3. The minimum Gasteiger partial charge on any atom is -0.547 e. The standard InChI is InChI=1S/C31H40O5Si/c1-19(32)35-24-18-23(33)26-22(24)17-25(36-37(4,5)6)27-28(26)30-14-8-7-13-29(30,2)31(27,16-15-30)20-9-11-21(34-3)12-10-20/h9-12,15-16,22,24,26,28H,7-8,13-14,17-18H2,1-6H3/t22-,24?,26-,28-,29-,30-,31+/m0/s1. The highest BCUT2D eigenvalue weighted by molar-refractivity contribution is 6.70. The molecule has 0 aliphatic heterocycles. The fraction of sp³-hybridized carbons (Fsp3) is 0.613. The van der Waals surface area contributed by atoms with Gasteiger partial charge in [-0.3, -0.25) is 9.59 Å². The number of esters is 1. The minimum absolute atomic E-state index is 0.0160. The molecule has 0 aromatic heterocycles. The first kappa shape index (κ1) is 25.0. The first-order valence-electron chi connectivity index (χ1n) is 13.9. The number of rotatable bonds is 5. The molecule has 198 valence electrons. The quantitative estimate of drug-likeness (QED) is 0.257. The van der Waals surface area contributed by atoms with Crippen LogP contribution in [0.4, 0.5) is 0 Å². The van der Waals surface area contributed by atoms with Gasteiger partial charge < -0.3 is 13.9 Å². The highest BCUT2D eigenvalue weighted by atomic mass is 28.4. The Hall–Kier alpha value is -2.34. The summed E-state index contributed by atoms with van der Waals surface area (Å²) >= 11 is 0. The van der Waals surface area contributed by atoms with E-state index in [1.54, 1.807) is 7.11 Å². The summed E-state index contributed by atoms with van der Waals surface area (Å²) in [5, 5.41) is 0. The van der Waals surface area contributed by atoms with E-state index in [2.05, 4.69) is 63.0 Å². The predicted molar refractivity (Wildman–Crippen MR) is 145 cm³/mol. The largest absolute Gasteiger partial charge is 0.547 e. The molecule has 0 N–H and O–H groups in total. The van der Waals surface area contributed by atoms with E-state index in [4.69, 9.17) is 13.9 Å². The Morgan fingerprint density at radius 3 is 2.38 bits per heavy atom. The van der Waals surface area contributed by atoms with Crippen LogP contribution in [0.2, 0.25) is 19.6 Å². The molecule has 37 heavy (non-hydrogen) atoms. The number of ketones is 1. The zero-order valence-electron chi connectivity index (χ0n) is 23.1. The molecule has 0 saturated heterocycles. The molecule has 1 aromatic rings. The van der Waals surface area contributed by atoms with Gasteiger partial charge in [0.1, 0.15) is 17.6 Å². The lowest BCUT2D eigenvalue weighted by Crippen LogP contribution is -2.47. The second kappa shape index (κ2) is 8.08. The Balaban J connectivity index is 1.62. The summed E-state index contributed by atoms with van der Waals surface area (Å²) in [6, 6.07) is 8.59. The molecule has 0 radical (unpaired) electrons. The van der Waals surface area contributed by atoms with Crippen molar-refractivity contribution in [3.63, 3.8) is 0 Å². The first-order chi connectivity index (χ1) is 17.5. The van der Waals surface area contributed by atoms with E-state index in [9.17, 15) is 9.59 Å². The molecule has 6 rings (SSSR count). The molecule has 2 bridgehead atoms. The fourth-order valence-electron chi connectivity index (χ4n) is 9.28. The zero-order chi connectivity index (χ0) is 26.4. The van der Waals surface area contributed by atoms with Crippen LogP contribution in [0.5, 0.6) is 5.75 Å². The van der Waals surface area contributed by atoms with E-state index < -0.39 is 8.32 Å². The van der Waals surface area contributed by atoms with Gasteiger partial charge in [-0.15, -0.1) is 0 Å². The van der Waals surface area contributed by atoms with Crippen molar-refractivity contribution < 1.29 is 23.5 Å². The maximum Gasteiger partial charge on any atom is 0.302 e. The van der Waals surface area contributed by atoms with E-state index in [1.807, 2.05) is 0 Å². The molecule has 5 aliphatic rings. The van der Waals surface area contributed by atoms with Crippen LogP contribution in [-0.2, 0) is 24.2 Å². The molecule has 1 aromatic carbocycles. The van der Waals surface area contributed by atoms with Gasteiger partial charge >= 0.3 is 5.97 Å². The Kier molecular flexibility index (Phi) is 5.45. The lowest BCUT2D eigenvalue weighted by atomic mass is 9.52. The van der Waals surface area contributed by atoms with Gasteiger partial charge in [0.2, 0.25) is 8.32 Å².